The zero-order valence-electron chi connectivity index (χ0n) is 15.4. The number of hydrogen-bond donors (Lipinski definition) is 2. The van der Waals surface area contributed by atoms with Gasteiger partial charge in [0.1, 0.15) is 11.2 Å². The molecule has 2 rings (SSSR count). The molecule has 1 heterocycles. The molecular weight excluding hydrogens is 338 g/mol. The third kappa shape index (κ3) is 4.04. The Balaban J connectivity index is 2.00. The Hall–Kier alpha value is -2.82. The van der Waals surface area contributed by atoms with E-state index in [2.05, 4.69) is 16.4 Å². The first-order valence-corrected chi connectivity index (χ1v) is 8.49. The van der Waals surface area contributed by atoms with Crippen LogP contribution in [0, 0.1) is 31.1 Å². The predicted octanol–water partition coefficient (Wildman–Crippen LogP) is 1.77. The summed E-state index contributed by atoms with van der Waals surface area (Å²) in [4.78, 5) is 39.0. The Kier molecular flexibility index (Phi) is 5.70. The second-order valence-corrected chi connectivity index (χ2v) is 6.56. The molecule has 1 aliphatic carbocycles. The van der Waals surface area contributed by atoms with Gasteiger partial charge in [-0.3, -0.25) is 4.79 Å². The minimum absolute atomic E-state index is 0.101. The topological polar surface area (TPSA) is 121 Å². The van der Waals surface area contributed by atoms with E-state index in [9.17, 15) is 19.6 Å². The van der Waals surface area contributed by atoms with Crippen molar-refractivity contribution in [2.45, 2.75) is 46.1 Å². The summed E-state index contributed by atoms with van der Waals surface area (Å²) in [5.41, 5.74) is 0.339. The van der Waals surface area contributed by atoms with Crippen molar-refractivity contribution in [3.63, 3.8) is 0 Å². The maximum absolute atomic E-state index is 12.2. The van der Waals surface area contributed by atoms with Gasteiger partial charge in [-0.2, -0.15) is 5.26 Å². The molecule has 1 fully saturated rings. The molecular formula is C18H23N3O5. The zero-order valence-corrected chi connectivity index (χ0v) is 15.4. The molecule has 0 bridgehead atoms. The van der Waals surface area contributed by atoms with Crippen LogP contribution in [0.4, 0.5) is 0 Å². The van der Waals surface area contributed by atoms with Crippen molar-refractivity contribution in [3.05, 3.63) is 22.5 Å². The molecule has 26 heavy (non-hydrogen) atoms. The molecule has 1 aliphatic rings. The molecule has 8 heteroatoms. The number of rotatable bonds is 7. The van der Waals surface area contributed by atoms with Crippen molar-refractivity contribution in [1.82, 2.24) is 10.3 Å². The van der Waals surface area contributed by atoms with Gasteiger partial charge in [0.25, 0.3) is 5.91 Å². The quantitative estimate of drug-likeness (QED) is 0.714. The Labute approximate surface area is 151 Å². The van der Waals surface area contributed by atoms with Crippen molar-refractivity contribution in [3.8, 4) is 6.07 Å². The summed E-state index contributed by atoms with van der Waals surface area (Å²) in [5.74, 6) is -1.68. The summed E-state index contributed by atoms with van der Waals surface area (Å²) in [7, 11) is 0. The van der Waals surface area contributed by atoms with E-state index in [-0.39, 0.29) is 23.8 Å². The van der Waals surface area contributed by atoms with E-state index in [0.29, 0.717) is 11.3 Å². The highest BCUT2D eigenvalue weighted by Crippen LogP contribution is 2.39. The van der Waals surface area contributed by atoms with Crippen molar-refractivity contribution >= 4 is 17.8 Å². The fraction of sp³-hybridized carbons (Fsp3) is 0.556. The van der Waals surface area contributed by atoms with Crippen LogP contribution < -0.4 is 5.32 Å². The van der Waals surface area contributed by atoms with Gasteiger partial charge in [0.2, 0.25) is 0 Å². The van der Waals surface area contributed by atoms with E-state index in [1.165, 1.54) is 0 Å². The van der Waals surface area contributed by atoms with Gasteiger partial charge in [0.05, 0.1) is 18.2 Å². The largest absolute Gasteiger partial charge is 0.462 e. The molecule has 8 nitrogen and oxygen atoms in total. The second-order valence-electron chi connectivity index (χ2n) is 6.56. The Morgan fingerprint density at radius 2 is 1.92 bits per heavy atom. The number of hydrogen-bond acceptors (Lipinski definition) is 6. The van der Waals surface area contributed by atoms with E-state index in [4.69, 9.17) is 9.47 Å². The number of amides is 1. The summed E-state index contributed by atoms with van der Waals surface area (Å²) in [6.07, 6.45) is 1.78. The monoisotopic (exact) mass is 361 g/mol. The van der Waals surface area contributed by atoms with Crippen molar-refractivity contribution in [1.29, 1.82) is 5.26 Å². The van der Waals surface area contributed by atoms with Gasteiger partial charge in [-0.25, -0.2) is 9.59 Å². The van der Waals surface area contributed by atoms with Gasteiger partial charge >= 0.3 is 11.9 Å². The number of ether oxygens (including phenoxy) is 2. The molecule has 2 N–H and O–H groups in total. The smallest absolute Gasteiger partial charge is 0.355 e. The van der Waals surface area contributed by atoms with E-state index >= 15 is 0 Å². The highest BCUT2D eigenvalue weighted by molar-refractivity contribution is 5.99. The maximum atomic E-state index is 12.2. The lowest BCUT2D eigenvalue weighted by molar-refractivity contribution is -0.125. The number of nitrogens with one attached hydrogen (secondary N) is 2. The maximum Gasteiger partial charge on any atom is 0.355 e. The zero-order chi connectivity index (χ0) is 19.5. The van der Waals surface area contributed by atoms with Gasteiger partial charge in [-0.05, 0) is 52.0 Å². The lowest BCUT2D eigenvalue weighted by Crippen LogP contribution is -2.48. The number of aromatic nitrogens is 1. The van der Waals surface area contributed by atoms with E-state index in [1.54, 1.807) is 27.7 Å². The summed E-state index contributed by atoms with van der Waals surface area (Å²) in [6, 6.07) is 2.10. The van der Waals surface area contributed by atoms with Crippen LogP contribution in [0.2, 0.25) is 0 Å². The highest BCUT2D eigenvalue weighted by atomic mass is 16.5. The van der Waals surface area contributed by atoms with Crippen LogP contribution in [0.25, 0.3) is 0 Å². The van der Waals surface area contributed by atoms with Crippen molar-refractivity contribution in [2.24, 2.45) is 5.92 Å². The lowest BCUT2D eigenvalue weighted by atomic mass is 9.98. The van der Waals surface area contributed by atoms with Gasteiger partial charge in [-0.1, -0.05) is 0 Å². The van der Waals surface area contributed by atoms with Gasteiger partial charge < -0.3 is 19.8 Å². The van der Waals surface area contributed by atoms with Crippen LogP contribution >= 0.6 is 0 Å². The first-order valence-electron chi connectivity index (χ1n) is 8.49. The van der Waals surface area contributed by atoms with Crippen LogP contribution in [-0.4, -0.2) is 41.6 Å². The first kappa shape index (κ1) is 19.5. The Morgan fingerprint density at radius 1 is 1.27 bits per heavy atom. The van der Waals surface area contributed by atoms with E-state index < -0.39 is 30.0 Å². The number of carbonyl (C=O) groups excluding carboxylic acids is 3. The molecule has 0 unspecified atom stereocenters. The number of H-pyrrole nitrogens is 1. The first-order chi connectivity index (χ1) is 12.2. The molecule has 0 saturated heterocycles. The molecule has 1 aromatic heterocycles. The number of nitrogens with zero attached hydrogens (tertiary/aromatic N) is 1. The molecule has 1 aromatic rings. The number of esters is 2. The van der Waals surface area contributed by atoms with Crippen LogP contribution in [0.1, 0.15) is 58.8 Å². The minimum atomic E-state index is -0.945. The van der Waals surface area contributed by atoms with Gasteiger partial charge in [0, 0.05) is 5.69 Å². The van der Waals surface area contributed by atoms with Gasteiger partial charge in [-0.15, -0.1) is 0 Å². The molecule has 0 spiro atoms. The van der Waals surface area contributed by atoms with Crippen LogP contribution in [0.5, 0.6) is 0 Å². The van der Waals surface area contributed by atoms with Crippen LogP contribution in [0.15, 0.2) is 0 Å². The van der Waals surface area contributed by atoms with E-state index in [0.717, 1.165) is 12.8 Å². The summed E-state index contributed by atoms with van der Waals surface area (Å²) in [5, 5.41) is 11.9. The molecule has 1 amide bonds. The second kappa shape index (κ2) is 7.60. The molecule has 0 aromatic carbocycles. The third-order valence-electron chi connectivity index (χ3n) is 4.48. The molecule has 0 aliphatic heterocycles. The third-order valence-corrected chi connectivity index (χ3v) is 4.48. The van der Waals surface area contributed by atoms with Gasteiger partial charge in [0.15, 0.2) is 6.61 Å². The molecule has 1 saturated carbocycles. The predicted molar refractivity (Wildman–Crippen MR) is 91.4 cm³/mol. The van der Waals surface area contributed by atoms with Crippen molar-refractivity contribution < 1.29 is 23.9 Å². The number of aryl methyl sites for hydroxylation is 1. The highest BCUT2D eigenvalue weighted by Gasteiger charge is 2.43. The summed E-state index contributed by atoms with van der Waals surface area (Å²) in [6.45, 7) is 6.33. The molecule has 1 atom stereocenters. The number of nitriles is 1. The summed E-state index contributed by atoms with van der Waals surface area (Å²) >= 11 is 0. The minimum Gasteiger partial charge on any atom is -0.462 e. The summed E-state index contributed by atoms with van der Waals surface area (Å²) < 4.78 is 10.00. The van der Waals surface area contributed by atoms with Crippen LogP contribution in [0.3, 0.4) is 0 Å². The Morgan fingerprint density at radius 3 is 2.46 bits per heavy atom. The average molecular weight is 361 g/mol. The normalized spacial score (nSPS) is 15.5. The van der Waals surface area contributed by atoms with E-state index in [1.807, 2.05) is 0 Å². The molecule has 140 valence electrons. The van der Waals surface area contributed by atoms with Crippen LogP contribution in [-0.2, 0) is 14.3 Å². The lowest BCUT2D eigenvalue weighted by Gasteiger charge is -2.22. The molecule has 0 radical (unpaired) electrons. The fourth-order valence-corrected chi connectivity index (χ4v) is 2.87. The number of aromatic amines is 1. The standard InChI is InChI=1S/C18H23N3O5/c1-5-25-16(23)14-10(2)15(20-11(14)3)17(24)26-8-13(22)21-18(4,9-19)12-6-7-12/h12,20H,5-8H2,1-4H3,(H,21,22)/t18-/m0/s1. The van der Waals surface area contributed by atoms with Crippen molar-refractivity contribution in [2.75, 3.05) is 13.2 Å². The SMILES string of the molecule is CCOC(=O)c1c(C)[nH]c(C(=O)OCC(=O)N[C@@](C)(C#N)C2CC2)c1C. The fourth-order valence-electron chi connectivity index (χ4n) is 2.87. The average Bonchev–Trinajstić information content (AvgIpc) is 3.39. The Bertz CT molecular complexity index is 773. The number of carbonyl (C=O) groups is 3.